The van der Waals surface area contributed by atoms with Crippen molar-refractivity contribution in [2.24, 2.45) is 0 Å². The molecule has 0 saturated carbocycles. The van der Waals surface area contributed by atoms with Gasteiger partial charge in [0.15, 0.2) is 0 Å². The molecule has 0 fully saturated rings. The maximum absolute atomic E-state index is 12.5. The van der Waals surface area contributed by atoms with E-state index in [1.54, 1.807) is 0 Å². The third kappa shape index (κ3) is 2.31. The largest absolute Gasteiger partial charge is 0.496 e. The fourth-order valence-corrected chi connectivity index (χ4v) is 1.16. The van der Waals surface area contributed by atoms with Gasteiger partial charge >= 0.3 is 0 Å². The molecule has 0 radical (unpaired) electrons. The number of pyridine rings is 1. The van der Waals surface area contributed by atoms with E-state index < -0.39 is 12.0 Å². The van der Waals surface area contributed by atoms with Crippen LogP contribution in [0.3, 0.4) is 0 Å². The number of nitriles is 1. The first kappa shape index (κ1) is 11.2. The van der Waals surface area contributed by atoms with Crippen LogP contribution >= 0.6 is 0 Å². The smallest absolute Gasteiger partial charge is 0.270 e. The van der Waals surface area contributed by atoms with Crippen molar-refractivity contribution < 1.29 is 13.5 Å². The van der Waals surface area contributed by atoms with Crippen LogP contribution < -0.4 is 10.5 Å². The van der Waals surface area contributed by atoms with Crippen molar-refractivity contribution >= 4 is 5.82 Å². The monoisotopic (exact) mass is 213 g/mol. The highest BCUT2D eigenvalue weighted by atomic mass is 19.3. The molecule has 4 nitrogen and oxygen atoms in total. The van der Waals surface area contributed by atoms with Gasteiger partial charge in [-0.25, -0.2) is 13.8 Å². The van der Waals surface area contributed by atoms with Gasteiger partial charge in [-0.05, 0) is 0 Å². The van der Waals surface area contributed by atoms with Crippen LogP contribution in [-0.2, 0) is 6.42 Å². The highest BCUT2D eigenvalue weighted by Crippen LogP contribution is 2.33. The number of aromatic nitrogens is 1. The third-order valence-corrected chi connectivity index (χ3v) is 1.80. The Hall–Kier alpha value is -1.90. The molecule has 0 spiro atoms. The molecule has 0 amide bonds. The predicted molar refractivity (Wildman–Crippen MR) is 49.5 cm³/mol. The summed E-state index contributed by atoms with van der Waals surface area (Å²) in [5.41, 5.74) is 5.23. The second-order valence-corrected chi connectivity index (χ2v) is 2.75. The van der Waals surface area contributed by atoms with Gasteiger partial charge in [0.05, 0.1) is 25.3 Å². The summed E-state index contributed by atoms with van der Waals surface area (Å²) in [6.45, 7) is 0. The summed E-state index contributed by atoms with van der Waals surface area (Å²) in [4.78, 5) is 3.69. The molecule has 2 N–H and O–H groups in total. The highest BCUT2D eigenvalue weighted by Gasteiger charge is 2.19. The molecular weight excluding hydrogens is 204 g/mol. The van der Waals surface area contributed by atoms with Gasteiger partial charge in [-0.3, -0.25) is 0 Å². The van der Waals surface area contributed by atoms with Crippen molar-refractivity contribution in [3.8, 4) is 11.8 Å². The lowest BCUT2D eigenvalue weighted by Crippen LogP contribution is -2.04. The van der Waals surface area contributed by atoms with Crippen molar-refractivity contribution in [2.45, 2.75) is 12.8 Å². The van der Waals surface area contributed by atoms with E-state index in [1.165, 1.54) is 13.2 Å². The minimum Gasteiger partial charge on any atom is -0.496 e. The van der Waals surface area contributed by atoms with Gasteiger partial charge in [0, 0.05) is 6.07 Å². The minimum absolute atomic E-state index is 0.00405. The van der Waals surface area contributed by atoms with Crippen molar-refractivity contribution in [1.82, 2.24) is 4.98 Å². The first-order chi connectivity index (χ1) is 7.10. The molecule has 0 unspecified atom stereocenters. The summed E-state index contributed by atoms with van der Waals surface area (Å²) < 4.78 is 29.8. The molecule has 0 atom stereocenters. The first-order valence-corrected chi connectivity index (χ1v) is 4.08. The van der Waals surface area contributed by atoms with E-state index >= 15 is 0 Å². The van der Waals surface area contributed by atoms with Gasteiger partial charge in [0.2, 0.25) is 0 Å². The number of methoxy groups -OCH3 is 1. The maximum Gasteiger partial charge on any atom is 0.270 e. The molecule has 1 rings (SSSR count). The molecule has 1 aromatic heterocycles. The topological polar surface area (TPSA) is 71.9 Å². The molecule has 0 aliphatic heterocycles. The van der Waals surface area contributed by atoms with Gasteiger partial charge < -0.3 is 10.5 Å². The van der Waals surface area contributed by atoms with E-state index in [4.69, 9.17) is 15.7 Å². The van der Waals surface area contributed by atoms with Crippen LogP contribution in [0.25, 0.3) is 0 Å². The second-order valence-electron chi connectivity index (χ2n) is 2.75. The zero-order valence-corrected chi connectivity index (χ0v) is 8.00. The molecule has 6 heteroatoms. The Morgan fingerprint density at radius 2 is 2.33 bits per heavy atom. The molecule has 0 bridgehead atoms. The number of halogens is 2. The summed E-state index contributed by atoms with van der Waals surface area (Å²) in [7, 11) is 1.26. The normalized spacial score (nSPS) is 10.1. The quantitative estimate of drug-likeness (QED) is 0.828. The van der Waals surface area contributed by atoms with E-state index in [1.807, 2.05) is 6.07 Å². The lowest BCUT2D eigenvalue weighted by Gasteiger charge is -2.10. The Labute approximate surface area is 85.3 Å². The summed E-state index contributed by atoms with van der Waals surface area (Å²) >= 11 is 0. The number of rotatable bonds is 3. The minimum atomic E-state index is -2.75. The summed E-state index contributed by atoms with van der Waals surface area (Å²) in [5, 5.41) is 8.43. The van der Waals surface area contributed by atoms with E-state index in [2.05, 4.69) is 4.98 Å². The number of nitrogen functional groups attached to an aromatic ring is 1. The molecule has 80 valence electrons. The van der Waals surface area contributed by atoms with Gasteiger partial charge in [-0.1, -0.05) is 0 Å². The number of ether oxygens (including phenoxy) is 1. The van der Waals surface area contributed by atoms with Crippen LogP contribution in [0.2, 0.25) is 0 Å². The molecular formula is C9H9F2N3O. The number of hydrogen-bond acceptors (Lipinski definition) is 4. The fourth-order valence-electron chi connectivity index (χ4n) is 1.16. The predicted octanol–water partition coefficient (Wildman–Crippen LogP) is 1.68. The maximum atomic E-state index is 12.5. The zero-order chi connectivity index (χ0) is 11.4. The number of nitrogens with zero attached hydrogens (tertiary/aromatic N) is 2. The summed E-state index contributed by atoms with van der Waals surface area (Å²) in [6, 6.07) is 3.14. The average molecular weight is 213 g/mol. The average Bonchev–Trinajstić information content (AvgIpc) is 2.16. The Balaban J connectivity index is 3.25. The second kappa shape index (κ2) is 4.55. The number of alkyl halides is 2. The van der Waals surface area contributed by atoms with E-state index in [9.17, 15) is 8.78 Å². The van der Waals surface area contributed by atoms with E-state index in [-0.39, 0.29) is 18.0 Å². The zero-order valence-electron chi connectivity index (χ0n) is 8.00. The summed E-state index contributed by atoms with van der Waals surface area (Å²) in [5.74, 6) is -0.336. The van der Waals surface area contributed by atoms with Crippen LogP contribution in [0.4, 0.5) is 14.6 Å². The van der Waals surface area contributed by atoms with Crippen molar-refractivity contribution in [3.05, 3.63) is 17.3 Å². The van der Waals surface area contributed by atoms with E-state index in [0.29, 0.717) is 5.69 Å². The number of hydrogen-bond donors (Lipinski definition) is 1. The lowest BCUT2D eigenvalue weighted by atomic mass is 10.2. The van der Waals surface area contributed by atoms with Gasteiger partial charge in [0.1, 0.15) is 17.1 Å². The van der Waals surface area contributed by atoms with Crippen LogP contribution in [0.15, 0.2) is 6.07 Å². The Kier molecular flexibility index (Phi) is 3.39. The Morgan fingerprint density at radius 3 is 2.80 bits per heavy atom. The van der Waals surface area contributed by atoms with Gasteiger partial charge in [0.25, 0.3) is 6.43 Å². The van der Waals surface area contributed by atoms with E-state index in [0.717, 1.165) is 0 Å². The molecule has 0 aromatic carbocycles. The molecule has 15 heavy (non-hydrogen) atoms. The summed E-state index contributed by atoms with van der Waals surface area (Å²) in [6.07, 6.45) is -2.74. The standard InChI is InChI=1S/C9H9F2N3O/c1-15-6-4-5(2-3-12)14-9(13)7(6)8(10)11/h4,8H,2H2,1H3,(H2,13,14). The molecule has 1 aromatic rings. The van der Waals surface area contributed by atoms with Crippen molar-refractivity contribution in [1.29, 1.82) is 5.26 Å². The van der Waals surface area contributed by atoms with Crippen LogP contribution in [0, 0.1) is 11.3 Å². The highest BCUT2D eigenvalue weighted by molar-refractivity contribution is 5.51. The molecule has 0 saturated heterocycles. The Morgan fingerprint density at radius 1 is 1.67 bits per heavy atom. The van der Waals surface area contributed by atoms with Gasteiger partial charge in [-0.2, -0.15) is 5.26 Å². The van der Waals surface area contributed by atoms with Crippen molar-refractivity contribution in [3.63, 3.8) is 0 Å². The fraction of sp³-hybridized carbons (Fsp3) is 0.333. The van der Waals surface area contributed by atoms with Gasteiger partial charge in [-0.15, -0.1) is 0 Å². The number of nitrogens with two attached hydrogens (primary N) is 1. The molecule has 0 aliphatic carbocycles. The molecule has 0 aliphatic rings. The first-order valence-electron chi connectivity index (χ1n) is 4.08. The third-order valence-electron chi connectivity index (χ3n) is 1.80. The SMILES string of the molecule is COc1cc(CC#N)nc(N)c1C(F)F. The number of anilines is 1. The van der Waals surface area contributed by atoms with Crippen LogP contribution in [-0.4, -0.2) is 12.1 Å². The molecule has 1 heterocycles. The van der Waals surface area contributed by atoms with Crippen LogP contribution in [0.1, 0.15) is 17.7 Å². The Bertz CT molecular complexity index is 401. The van der Waals surface area contributed by atoms with Crippen molar-refractivity contribution in [2.75, 3.05) is 12.8 Å². The van der Waals surface area contributed by atoms with Crippen LogP contribution in [0.5, 0.6) is 5.75 Å². The lowest BCUT2D eigenvalue weighted by molar-refractivity contribution is 0.147.